The highest BCUT2D eigenvalue weighted by Gasteiger charge is 2.50. The number of hydrogen-bond acceptors (Lipinski definition) is 5. The van der Waals surface area contributed by atoms with E-state index in [1.165, 1.54) is 0 Å². The summed E-state index contributed by atoms with van der Waals surface area (Å²) < 4.78 is 23.5. The predicted octanol–water partition coefficient (Wildman–Crippen LogP) is 4.11. The summed E-state index contributed by atoms with van der Waals surface area (Å²) >= 11 is 0. The van der Waals surface area contributed by atoms with E-state index in [9.17, 15) is 4.79 Å². The maximum absolute atomic E-state index is 13.4. The van der Waals surface area contributed by atoms with Gasteiger partial charge in [0, 0.05) is 23.5 Å². The van der Waals surface area contributed by atoms with Crippen LogP contribution in [0.15, 0.2) is 51.7 Å². The highest BCUT2D eigenvalue weighted by atomic mass is 16.6. The number of hydrogen-bond donors (Lipinski definition) is 0. The molecule has 5 heteroatoms. The molecule has 0 aliphatic carbocycles. The van der Waals surface area contributed by atoms with Crippen molar-refractivity contribution in [3.05, 3.63) is 63.8 Å². The third-order valence-electron chi connectivity index (χ3n) is 5.74. The average Bonchev–Trinajstić information content (AvgIpc) is 2.66. The number of fused-ring (bicyclic) bond motifs is 6. The van der Waals surface area contributed by atoms with Gasteiger partial charge in [0.05, 0.1) is 24.7 Å². The Morgan fingerprint density at radius 2 is 1.96 bits per heavy atom. The van der Waals surface area contributed by atoms with E-state index < -0.39 is 5.60 Å². The number of methoxy groups -OCH3 is 1. The second-order valence-electron chi connectivity index (χ2n) is 7.63. The van der Waals surface area contributed by atoms with Crippen molar-refractivity contribution >= 4 is 11.0 Å². The lowest BCUT2D eigenvalue weighted by molar-refractivity contribution is -0.0318. The topological polar surface area (TPSA) is 57.9 Å². The molecule has 2 atom stereocenters. The van der Waals surface area contributed by atoms with Gasteiger partial charge < -0.3 is 18.6 Å². The maximum atomic E-state index is 13.4. The van der Waals surface area contributed by atoms with Gasteiger partial charge in [-0.3, -0.25) is 4.79 Å². The van der Waals surface area contributed by atoms with Crippen molar-refractivity contribution < 1.29 is 18.6 Å². The highest BCUT2D eigenvalue weighted by molar-refractivity contribution is 5.78. The maximum Gasteiger partial charge on any atom is 0.293 e. The molecular formula is C22H20O5. The van der Waals surface area contributed by atoms with Crippen LogP contribution >= 0.6 is 0 Å². The summed E-state index contributed by atoms with van der Waals surface area (Å²) in [7, 11) is 1.63. The first-order chi connectivity index (χ1) is 13.0. The van der Waals surface area contributed by atoms with E-state index in [1.54, 1.807) is 19.2 Å². The van der Waals surface area contributed by atoms with Crippen LogP contribution in [-0.4, -0.2) is 19.3 Å². The lowest BCUT2D eigenvalue weighted by atomic mass is 9.70. The summed E-state index contributed by atoms with van der Waals surface area (Å²) in [4.78, 5) is 13.4. The van der Waals surface area contributed by atoms with Crippen LogP contribution in [0, 0.1) is 5.92 Å². The first kappa shape index (κ1) is 16.2. The van der Waals surface area contributed by atoms with Gasteiger partial charge in [0.2, 0.25) is 5.43 Å². The second kappa shape index (κ2) is 5.52. The molecule has 2 aliphatic rings. The summed E-state index contributed by atoms with van der Waals surface area (Å²) in [5.74, 6) is 1.62. The molecule has 3 heterocycles. The van der Waals surface area contributed by atoms with E-state index in [1.807, 2.05) is 44.2 Å². The zero-order valence-electron chi connectivity index (χ0n) is 15.4. The monoisotopic (exact) mass is 364 g/mol. The fraction of sp³-hybridized carbons (Fsp3) is 0.318. The van der Waals surface area contributed by atoms with E-state index in [-0.39, 0.29) is 17.3 Å². The summed E-state index contributed by atoms with van der Waals surface area (Å²) in [6.45, 7) is 4.49. The lowest BCUT2D eigenvalue weighted by Crippen LogP contribution is -2.50. The van der Waals surface area contributed by atoms with E-state index >= 15 is 0 Å². The van der Waals surface area contributed by atoms with Crippen molar-refractivity contribution in [2.75, 3.05) is 13.7 Å². The molecule has 0 unspecified atom stereocenters. The van der Waals surface area contributed by atoms with E-state index in [2.05, 4.69) is 0 Å². The minimum atomic E-state index is -0.534. The molecule has 0 spiro atoms. The number of rotatable bonds is 1. The van der Waals surface area contributed by atoms with Crippen LogP contribution in [0.3, 0.4) is 0 Å². The van der Waals surface area contributed by atoms with Crippen LogP contribution in [-0.2, 0) is 0 Å². The quantitative estimate of drug-likeness (QED) is 0.650. The molecule has 0 radical (unpaired) electrons. The number of benzene rings is 2. The Hall–Kier alpha value is -2.95. The summed E-state index contributed by atoms with van der Waals surface area (Å²) in [5.41, 5.74) is 1.51. The molecule has 2 aromatic carbocycles. The molecule has 0 fully saturated rings. The minimum absolute atomic E-state index is 0.00467. The van der Waals surface area contributed by atoms with Crippen LogP contribution in [0.4, 0.5) is 0 Å². The molecule has 0 bridgehead atoms. The Morgan fingerprint density at radius 3 is 2.78 bits per heavy atom. The Balaban J connectivity index is 1.81. The van der Waals surface area contributed by atoms with Crippen molar-refractivity contribution in [3.63, 3.8) is 0 Å². The van der Waals surface area contributed by atoms with Gasteiger partial charge in [-0.1, -0.05) is 18.2 Å². The molecule has 0 N–H and O–H groups in total. The standard InChI is InChI=1S/C22H20O5/c1-22(2)15-11-25-17-10-12(24-3)8-9-13(17)18(15)19-20(23)14-6-4-5-7-16(14)26-21(19)27-22/h4-10,15,18H,11H2,1-3H3/t15-,18+/m1/s1. The van der Waals surface area contributed by atoms with Crippen LogP contribution in [0.2, 0.25) is 0 Å². The largest absolute Gasteiger partial charge is 0.497 e. The summed E-state index contributed by atoms with van der Waals surface area (Å²) in [5, 5.41) is 0.569. The smallest absolute Gasteiger partial charge is 0.293 e. The van der Waals surface area contributed by atoms with Gasteiger partial charge in [-0.15, -0.1) is 0 Å². The molecule has 5 rings (SSSR count). The molecule has 2 aliphatic heterocycles. The number of ether oxygens (including phenoxy) is 3. The van der Waals surface area contributed by atoms with Gasteiger partial charge in [-0.25, -0.2) is 0 Å². The van der Waals surface area contributed by atoms with E-state index in [0.29, 0.717) is 29.1 Å². The van der Waals surface area contributed by atoms with E-state index in [4.69, 9.17) is 18.6 Å². The van der Waals surface area contributed by atoms with Gasteiger partial charge in [0.1, 0.15) is 22.7 Å². The normalized spacial score (nSPS) is 22.0. The minimum Gasteiger partial charge on any atom is -0.497 e. The first-order valence-corrected chi connectivity index (χ1v) is 9.05. The lowest BCUT2D eigenvalue weighted by Gasteiger charge is -2.46. The molecule has 0 saturated heterocycles. The van der Waals surface area contributed by atoms with Crippen molar-refractivity contribution in [2.24, 2.45) is 5.92 Å². The Morgan fingerprint density at radius 1 is 1.15 bits per heavy atom. The molecule has 138 valence electrons. The predicted molar refractivity (Wildman–Crippen MR) is 101 cm³/mol. The molecular weight excluding hydrogens is 344 g/mol. The van der Waals surface area contributed by atoms with Crippen LogP contribution < -0.4 is 19.6 Å². The van der Waals surface area contributed by atoms with Crippen molar-refractivity contribution in [1.82, 2.24) is 0 Å². The van der Waals surface area contributed by atoms with Crippen LogP contribution in [0.25, 0.3) is 11.0 Å². The fourth-order valence-corrected chi connectivity index (χ4v) is 4.27. The molecule has 0 saturated carbocycles. The molecule has 27 heavy (non-hydrogen) atoms. The van der Waals surface area contributed by atoms with Crippen molar-refractivity contribution in [1.29, 1.82) is 0 Å². The summed E-state index contributed by atoms with van der Waals surface area (Å²) in [6.07, 6.45) is 0. The third kappa shape index (κ3) is 2.27. The van der Waals surface area contributed by atoms with Gasteiger partial charge in [-0.2, -0.15) is 0 Å². The molecule has 1 aromatic heterocycles. The average molecular weight is 364 g/mol. The van der Waals surface area contributed by atoms with Gasteiger partial charge in [-0.05, 0) is 32.0 Å². The zero-order valence-corrected chi connectivity index (χ0v) is 15.4. The summed E-state index contributed by atoms with van der Waals surface area (Å²) in [6, 6.07) is 13.0. The third-order valence-corrected chi connectivity index (χ3v) is 5.74. The van der Waals surface area contributed by atoms with Gasteiger partial charge >= 0.3 is 0 Å². The van der Waals surface area contributed by atoms with Crippen molar-refractivity contribution in [3.8, 4) is 17.4 Å². The Labute approximate surface area is 156 Å². The molecule has 5 nitrogen and oxygen atoms in total. The fourth-order valence-electron chi connectivity index (χ4n) is 4.27. The second-order valence-corrected chi connectivity index (χ2v) is 7.63. The Kier molecular flexibility index (Phi) is 3.32. The Bertz CT molecular complexity index is 1110. The van der Waals surface area contributed by atoms with Crippen LogP contribution in [0.5, 0.6) is 17.4 Å². The van der Waals surface area contributed by atoms with E-state index in [0.717, 1.165) is 17.1 Å². The van der Waals surface area contributed by atoms with Crippen LogP contribution in [0.1, 0.15) is 30.9 Å². The highest BCUT2D eigenvalue weighted by Crippen LogP contribution is 2.52. The first-order valence-electron chi connectivity index (χ1n) is 9.05. The molecule has 3 aromatic rings. The number of para-hydroxylation sites is 1. The zero-order chi connectivity index (χ0) is 18.8. The van der Waals surface area contributed by atoms with Crippen molar-refractivity contribution in [2.45, 2.75) is 25.4 Å². The molecule has 0 amide bonds. The van der Waals surface area contributed by atoms with Gasteiger partial charge in [0.25, 0.3) is 5.95 Å². The SMILES string of the molecule is COc1ccc2c(c1)OC[C@@H]1[C@H]2c2c(oc3ccccc3c2=O)OC1(C)C. The van der Waals surface area contributed by atoms with Gasteiger partial charge in [0.15, 0.2) is 0 Å².